The molecule has 0 amide bonds. The van der Waals surface area contributed by atoms with Gasteiger partial charge in [0.15, 0.2) is 18.5 Å². The minimum atomic E-state index is 0.154. The number of rotatable bonds is 8. The number of hydrogen-bond donors (Lipinski definition) is 0. The normalized spacial score (nSPS) is 13.5. The van der Waals surface area contributed by atoms with E-state index >= 15 is 0 Å². The molecule has 6 heteroatoms. The van der Waals surface area contributed by atoms with E-state index in [1.807, 2.05) is 0 Å². The molecule has 0 fully saturated rings. The monoisotopic (exact) mass is 504 g/mol. The van der Waals surface area contributed by atoms with E-state index in [2.05, 4.69) is 104 Å². The van der Waals surface area contributed by atoms with E-state index in [9.17, 15) is 0 Å². The van der Waals surface area contributed by atoms with E-state index in [1.165, 1.54) is 33.4 Å². The Bertz CT molecular complexity index is 1420. The van der Waals surface area contributed by atoms with Crippen LogP contribution in [0.4, 0.5) is 0 Å². The molecule has 0 saturated heterocycles. The van der Waals surface area contributed by atoms with Gasteiger partial charge in [-0.25, -0.2) is 4.98 Å². The molecule has 1 atom stereocenters. The van der Waals surface area contributed by atoms with E-state index in [0.29, 0.717) is 29.6 Å². The summed E-state index contributed by atoms with van der Waals surface area (Å²) in [5.41, 5.74) is 10.1. The van der Waals surface area contributed by atoms with Crippen molar-refractivity contribution in [2.24, 2.45) is 7.05 Å². The van der Waals surface area contributed by atoms with Gasteiger partial charge in [0.25, 0.3) is 0 Å². The van der Waals surface area contributed by atoms with Crippen molar-refractivity contribution in [3.63, 3.8) is 0 Å². The van der Waals surface area contributed by atoms with Crippen molar-refractivity contribution in [2.45, 2.75) is 118 Å². The molecule has 0 aromatic carbocycles. The third-order valence-electron chi connectivity index (χ3n) is 7.59. The summed E-state index contributed by atoms with van der Waals surface area (Å²) in [6, 6.07) is 0. The first kappa shape index (κ1) is 27.3. The fourth-order valence-corrected chi connectivity index (χ4v) is 5.79. The van der Waals surface area contributed by atoms with Crippen LogP contribution in [0.2, 0.25) is 0 Å². The molecule has 0 N–H and O–H groups in total. The zero-order valence-electron chi connectivity index (χ0n) is 25.0. The number of aromatic nitrogens is 5. The average molecular weight is 505 g/mol. The molecule has 1 unspecified atom stereocenters. The molecule has 4 aromatic rings. The van der Waals surface area contributed by atoms with Crippen molar-refractivity contribution in [3.8, 4) is 0 Å². The van der Waals surface area contributed by atoms with Crippen LogP contribution in [-0.4, -0.2) is 19.6 Å². The highest BCUT2D eigenvalue weighted by Crippen LogP contribution is 2.37. The number of pyridine rings is 2. The molecule has 4 heterocycles. The summed E-state index contributed by atoms with van der Waals surface area (Å²) in [6.07, 6.45) is 3.91. The standard InChI is InChI=1S/C31H46N5O/c1-16(2)23-22-14-36(35(12)30(22)27(20(9)10)33-25(23)18(5)6)13-21(11)28-29-31(37-15-32-29)24(17(3)4)26(34-28)19(7)8/h14-21H,13H2,1-12H3/q+1. The van der Waals surface area contributed by atoms with Gasteiger partial charge in [-0.2, -0.15) is 4.68 Å². The summed E-state index contributed by atoms with van der Waals surface area (Å²) in [7, 11) is 2.17. The lowest BCUT2D eigenvalue weighted by Crippen LogP contribution is -2.43. The summed E-state index contributed by atoms with van der Waals surface area (Å²) in [5, 5.41) is 1.32. The lowest BCUT2D eigenvalue weighted by molar-refractivity contribution is -0.772. The molecular formula is C31H46N5O+. The van der Waals surface area contributed by atoms with Gasteiger partial charge >= 0.3 is 0 Å². The third-order valence-corrected chi connectivity index (χ3v) is 7.59. The molecule has 4 rings (SSSR count). The van der Waals surface area contributed by atoms with Gasteiger partial charge in [-0.3, -0.25) is 9.97 Å². The molecular weight excluding hydrogens is 458 g/mol. The zero-order valence-corrected chi connectivity index (χ0v) is 25.0. The average Bonchev–Trinajstić information content (AvgIpc) is 3.41. The second kappa shape index (κ2) is 10.2. The summed E-state index contributed by atoms with van der Waals surface area (Å²) in [6.45, 7) is 25.5. The Balaban J connectivity index is 1.89. The molecule has 37 heavy (non-hydrogen) atoms. The Morgan fingerprint density at radius 3 is 1.81 bits per heavy atom. The summed E-state index contributed by atoms with van der Waals surface area (Å²) in [4.78, 5) is 15.1. The summed E-state index contributed by atoms with van der Waals surface area (Å²) >= 11 is 0. The Labute approximate surface area is 222 Å². The highest BCUT2D eigenvalue weighted by atomic mass is 16.3. The van der Waals surface area contributed by atoms with Gasteiger partial charge in [0.1, 0.15) is 11.0 Å². The first-order valence-corrected chi connectivity index (χ1v) is 14.0. The van der Waals surface area contributed by atoms with E-state index in [4.69, 9.17) is 14.4 Å². The van der Waals surface area contributed by atoms with Crippen LogP contribution in [-0.2, 0) is 13.6 Å². The molecule has 0 spiro atoms. The fourth-order valence-electron chi connectivity index (χ4n) is 5.79. The smallest absolute Gasteiger partial charge is 0.203 e. The second-order valence-electron chi connectivity index (χ2n) is 12.3. The number of fused-ring (bicyclic) bond motifs is 2. The number of aryl methyl sites for hydroxylation is 1. The van der Waals surface area contributed by atoms with E-state index in [-0.39, 0.29) is 5.92 Å². The van der Waals surface area contributed by atoms with Gasteiger partial charge < -0.3 is 4.42 Å². The maximum atomic E-state index is 5.96. The molecule has 0 aliphatic heterocycles. The van der Waals surface area contributed by atoms with Gasteiger partial charge in [0.2, 0.25) is 6.20 Å². The molecule has 0 aliphatic rings. The minimum absolute atomic E-state index is 0.154. The lowest BCUT2D eigenvalue weighted by Gasteiger charge is -2.19. The van der Waals surface area contributed by atoms with Crippen LogP contribution in [0.5, 0.6) is 0 Å². The first-order valence-electron chi connectivity index (χ1n) is 14.0. The number of hydrogen-bond acceptors (Lipinski definition) is 4. The minimum Gasteiger partial charge on any atom is -0.443 e. The van der Waals surface area contributed by atoms with Crippen molar-refractivity contribution in [1.82, 2.24) is 19.6 Å². The van der Waals surface area contributed by atoms with Crippen LogP contribution < -0.4 is 4.68 Å². The number of oxazole rings is 1. The van der Waals surface area contributed by atoms with Crippen molar-refractivity contribution < 1.29 is 9.10 Å². The summed E-state index contributed by atoms with van der Waals surface area (Å²) in [5.74, 6) is 1.91. The molecule has 0 saturated carbocycles. The Kier molecular flexibility index (Phi) is 7.51. The summed E-state index contributed by atoms with van der Waals surface area (Å²) < 4.78 is 10.6. The largest absolute Gasteiger partial charge is 0.443 e. The van der Waals surface area contributed by atoms with Crippen LogP contribution in [0.25, 0.3) is 22.0 Å². The Hall–Kier alpha value is -2.76. The maximum absolute atomic E-state index is 5.96. The lowest BCUT2D eigenvalue weighted by atomic mass is 9.90. The van der Waals surface area contributed by atoms with Gasteiger partial charge in [-0.15, -0.1) is 4.68 Å². The molecule has 6 nitrogen and oxygen atoms in total. The first-order chi connectivity index (χ1) is 17.3. The van der Waals surface area contributed by atoms with Crippen molar-refractivity contribution in [1.29, 1.82) is 0 Å². The van der Waals surface area contributed by atoms with Gasteiger partial charge in [-0.1, -0.05) is 76.2 Å². The van der Waals surface area contributed by atoms with Crippen molar-refractivity contribution in [3.05, 3.63) is 46.5 Å². The molecule has 0 bridgehead atoms. The molecule has 0 aliphatic carbocycles. The predicted octanol–water partition coefficient (Wildman–Crippen LogP) is 7.82. The van der Waals surface area contributed by atoms with Crippen LogP contribution in [0, 0.1) is 0 Å². The number of nitrogens with zero attached hydrogens (tertiary/aromatic N) is 5. The maximum Gasteiger partial charge on any atom is 0.203 e. The third kappa shape index (κ3) is 4.68. The van der Waals surface area contributed by atoms with Crippen LogP contribution >= 0.6 is 0 Å². The highest BCUT2D eigenvalue weighted by Gasteiger charge is 2.30. The molecule has 200 valence electrons. The van der Waals surface area contributed by atoms with Gasteiger partial charge in [0, 0.05) is 11.3 Å². The van der Waals surface area contributed by atoms with Crippen molar-refractivity contribution >= 4 is 22.0 Å². The SMILES string of the molecule is CC(C)c1nc(C(C)C)c2c(c[n+](CC(C)c3nc(C(C)C)c(C(C)C)c4ocnc34)n2C)c1C(C)C. The van der Waals surface area contributed by atoms with E-state index in [1.54, 1.807) is 6.39 Å². The fraction of sp³-hybridized carbons (Fsp3) is 0.613. The van der Waals surface area contributed by atoms with Gasteiger partial charge in [-0.05, 0) is 35.2 Å². The quantitative estimate of drug-likeness (QED) is 0.230. The van der Waals surface area contributed by atoms with Crippen LogP contribution in [0.15, 0.2) is 17.0 Å². The molecule has 0 radical (unpaired) electrons. The topological polar surface area (TPSA) is 60.6 Å². The van der Waals surface area contributed by atoms with E-state index in [0.717, 1.165) is 29.0 Å². The Morgan fingerprint density at radius 2 is 1.27 bits per heavy atom. The Morgan fingerprint density at radius 1 is 0.730 bits per heavy atom. The van der Waals surface area contributed by atoms with Gasteiger partial charge in [0.05, 0.1) is 35.4 Å². The second-order valence-corrected chi connectivity index (χ2v) is 12.3. The predicted molar refractivity (Wildman–Crippen MR) is 152 cm³/mol. The van der Waals surface area contributed by atoms with Crippen LogP contribution in [0.1, 0.15) is 146 Å². The highest BCUT2D eigenvalue weighted by molar-refractivity contribution is 5.85. The van der Waals surface area contributed by atoms with Crippen molar-refractivity contribution in [2.75, 3.05) is 0 Å². The van der Waals surface area contributed by atoms with E-state index < -0.39 is 0 Å². The van der Waals surface area contributed by atoms with Crippen LogP contribution in [0.3, 0.4) is 0 Å². The zero-order chi connectivity index (χ0) is 27.3. The molecule has 4 aromatic heterocycles.